The van der Waals surface area contributed by atoms with Crippen LogP contribution < -0.4 is 5.73 Å². The molecule has 0 amide bonds. The van der Waals surface area contributed by atoms with E-state index in [1.54, 1.807) is 24.3 Å². The summed E-state index contributed by atoms with van der Waals surface area (Å²) in [5.41, 5.74) is 6.87. The van der Waals surface area contributed by atoms with Gasteiger partial charge in [0.25, 0.3) is 0 Å². The molecule has 0 saturated heterocycles. The first-order valence-electron chi connectivity index (χ1n) is 5.67. The second-order valence-corrected chi connectivity index (χ2v) is 5.13. The van der Waals surface area contributed by atoms with Gasteiger partial charge in [-0.05, 0) is 29.8 Å². The Morgan fingerprint density at radius 1 is 1.16 bits per heavy atom. The van der Waals surface area contributed by atoms with E-state index in [0.29, 0.717) is 16.1 Å². The van der Waals surface area contributed by atoms with Crippen LogP contribution in [-0.4, -0.2) is 10.9 Å². The molecule has 0 radical (unpaired) electrons. The Morgan fingerprint density at radius 2 is 1.95 bits per heavy atom. The van der Waals surface area contributed by atoms with Crippen molar-refractivity contribution >= 4 is 17.4 Å². The van der Waals surface area contributed by atoms with Crippen LogP contribution in [0.1, 0.15) is 11.7 Å². The molecule has 19 heavy (non-hydrogen) atoms. The molecule has 0 aliphatic heterocycles. The summed E-state index contributed by atoms with van der Waals surface area (Å²) in [6, 6.07) is 10.3. The third kappa shape index (κ3) is 3.68. The Kier molecular flexibility index (Phi) is 4.39. The fourth-order valence-corrected chi connectivity index (χ4v) is 2.51. The van der Waals surface area contributed by atoms with E-state index in [9.17, 15) is 13.9 Å². The highest BCUT2D eigenvalue weighted by molar-refractivity contribution is 7.99. The Bertz CT molecular complexity index is 577. The SMILES string of the molecule is Nc1cccc(C(O)CSc2ccc(F)cc2F)c1. The van der Waals surface area contributed by atoms with Crippen LogP contribution in [0, 0.1) is 11.6 Å². The van der Waals surface area contributed by atoms with Gasteiger partial charge in [0, 0.05) is 22.4 Å². The maximum absolute atomic E-state index is 13.4. The van der Waals surface area contributed by atoms with Gasteiger partial charge in [-0.25, -0.2) is 8.78 Å². The molecule has 3 N–H and O–H groups in total. The number of nitrogen functional groups attached to an aromatic ring is 1. The molecule has 2 aromatic rings. The first kappa shape index (κ1) is 13.8. The molecule has 0 aliphatic carbocycles. The van der Waals surface area contributed by atoms with E-state index < -0.39 is 17.7 Å². The highest BCUT2D eigenvalue weighted by Gasteiger charge is 2.11. The fraction of sp³-hybridized carbons (Fsp3) is 0.143. The molecular formula is C14H13F2NOS. The third-order valence-electron chi connectivity index (χ3n) is 2.59. The largest absolute Gasteiger partial charge is 0.399 e. The van der Waals surface area contributed by atoms with Gasteiger partial charge < -0.3 is 10.8 Å². The summed E-state index contributed by atoms with van der Waals surface area (Å²) < 4.78 is 26.1. The van der Waals surface area contributed by atoms with E-state index >= 15 is 0 Å². The van der Waals surface area contributed by atoms with Crippen molar-refractivity contribution in [3.8, 4) is 0 Å². The van der Waals surface area contributed by atoms with E-state index in [2.05, 4.69) is 0 Å². The van der Waals surface area contributed by atoms with Gasteiger partial charge in [-0.3, -0.25) is 0 Å². The van der Waals surface area contributed by atoms with E-state index in [4.69, 9.17) is 5.73 Å². The molecule has 0 spiro atoms. The molecule has 0 fully saturated rings. The zero-order chi connectivity index (χ0) is 13.8. The molecule has 5 heteroatoms. The lowest BCUT2D eigenvalue weighted by Gasteiger charge is -2.11. The molecule has 0 aliphatic rings. The lowest BCUT2D eigenvalue weighted by atomic mass is 10.1. The minimum atomic E-state index is -0.752. The van der Waals surface area contributed by atoms with Crippen LogP contribution in [0.15, 0.2) is 47.4 Å². The lowest BCUT2D eigenvalue weighted by molar-refractivity contribution is 0.204. The summed E-state index contributed by atoms with van der Waals surface area (Å²) in [7, 11) is 0. The van der Waals surface area contributed by atoms with E-state index in [-0.39, 0.29) is 5.75 Å². The van der Waals surface area contributed by atoms with Crippen LogP contribution in [0.3, 0.4) is 0 Å². The van der Waals surface area contributed by atoms with E-state index in [1.165, 1.54) is 12.1 Å². The number of aliphatic hydroxyl groups is 1. The molecule has 100 valence electrons. The number of hydrogen-bond acceptors (Lipinski definition) is 3. The standard InChI is InChI=1S/C14H13F2NOS/c15-10-4-5-14(12(16)7-10)19-8-13(18)9-2-1-3-11(17)6-9/h1-7,13,18H,8,17H2. The molecule has 0 bridgehead atoms. The highest BCUT2D eigenvalue weighted by atomic mass is 32.2. The van der Waals surface area contributed by atoms with Crippen molar-refractivity contribution < 1.29 is 13.9 Å². The summed E-state index contributed by atoms with van der Waals surface area (Å²) in [6.07, 6.45) is -0.752. The minimum absolute atomic E-state index is 0.270. The van der Waals surface area contributed by atoms with Crippen LogP contribution in [-0.2, 0) is 0 Å². The van der Waals surface area contributed by atoms with Crippen molar-refractivity contribution in [2.75, 3.05) is 11.5 Å². The Balaban J connectivity index is 2.02. The van der Waals surface area contributed by atoms with Crippen LogP contribution >= 0.6 is 11.8 Å². The van der Waals surface area contributed by atoms with Gasteiger partial charge in [-0.15, -0.1) is 11.8 Å². The smallest absolute Gasteiger partial charge is 0.139 e. The summed E-state index contributed by atoms with van der Waals surface area (Å²) >= 11 is 1.13. The summed E-state index contributed by atoms with van der Waals surface area (Å²) in [4.78, 5) is 0.310. The number of halogens is 2. The van der Waals surface area contributed by atoms with Gasteiger partial charge in [0.05, 0.1) is 6.10 Å². The topological polar surface area (TPSA) is 46.2 Å². The number of aliphatic hydroxyl groups excluding tert-OH is 1. The summed E-state index contributed by atoms with van der Waals surface area (Å²) in [5.74, 6) is -0.963. The third-order valence-corrected chi connectivity index (χ3v) is 3.71. The quantitative estimate of drug-likeness (QED) is 0.667. The highest BCUT2D eigenvalue weighted by Crippen LogP contribution is 2.27. The number of anilines is 1. The van der Waals surface area contributed by atoms with Crippen LogP contribution in [0.4, 0.5) is 14.5 Å². The van der Waals surface area contributed by atoms with Crippen molar-refractivity contribution in [1.29, 1.82) is 0 Å². The fourth-order valence-electron chi connectivity index (χ4n) is 1.62. The number of benzene rings is 2. The van der Waals surface area contributed by atoms with E-state index in [1.807, 2.05) is 0 Å². The summed E-state index contributed by atoms with van der Waals surface area (Å²) in [5, 5.41) is 9.98. The Hall–Kier alpha value is -1.59. The molecule has 0 heterocycles. The van der Waals surface area contributed by atoms with Crippen LogP contribution in [0.2, 0.25) is 0 Å². The molecule has 1 unspecified atom stereocenters. The van der Waals surface area contributed by atoms with Gasteiger partial charge in [-0.2, -0.15) is 0 Å². The Labute approximate surface area is 114 Å². The first-order valence-corrected chi connectivity index (χ1v) is 6.66. The second kappa shape index (κ2) is 6.04. The molecule has 1 atom stereocenters. The molecule has 0 saturated carbocycles. The zero-order valence-corrected chi connectivity index (χ0v) is 10.8. The molecule has 2 rings (SSSR count). The normalized spacial score (nSPS) is 12.4. The minimum Gasteiger partial charge on any atom is -0.399 e. The average molecular weight is 281 g/mol. The van der Waals surface area contributed by atoms with Gasteiger partial charge in [-0.1, -0.05) is 12.1 Å². The van der Waals surface area contributed by atoms with Gasteiger partial charge in [0.1, 0.15) is 11.6 Å². The zero-order valence-electron chi connectivity index (χ0n) is 10.0. The molecule has 0 aromatic heterocycles. The maximum Gasteiger partial charge on any atom is 0.139 e. The van der Waals surface area contributed by atoms with Crippen LogP contribution in [0.25, 0.3) is 0 Å². The Morgan fingerprint density at radius 3 is 2.63 bits per heavy atom. The molecular weight excluding hydrogens is 268 g/mol. The van der Waals surface area contributed by atoms with Crippen LogP contribution in [0.5, 0.6) is 0 Å². The second-order valence-electron chi connectivity index (χ2n) is 4.07. The van der Waals surface area contributed by atoms with Crippen molar-refractivity contribution in [3.05, 3.63) is 59.7 Å². The van der Waals surface area contributed by atoms with Crippen molar-refractivity contribution in [3.63, 3.8) is 0 Å². The summed E-state index contributed by atoms with van der Waals surface area (Å²) in [6.45, 7) is 0. The predicted octanol–water partition coefficient (Wildman–Crippen LogP) is 3.37. The monoisotopic (exact) mass is 281 g/mol. The maximum atomic E-state index is 13.4. The van der Waals surface area contributed by atoms with Gasteiger partial charge in [0.15, 0.2) is 0 Å². The molecule has 2 nitrogen and oxygen atoms in total. The first-order chi connectivity index (χ1) is 9.06. The van der Waals surface area contributed by atoms with Gasteiger partial charge >= 0.3 is 0 Å². The number of nitrogens with two attached hydrogens (primary N) is 1. The number of hydrogen-bond donors (Lipinski definition) is 2. The average Bonchev–Trinajstić information content (AvgIpc) is 2.37. The predicted molar refractivity (Wildman–Crippen MR) is 72.9 cm³/mol. The number of rotatable bonds is 4. The lowest BCUT2D eigenvalue weighted by Crippen LogP contribution is -2.01. The number of thioether (sulfide) groups is 1. The van der Waals surface area contributed by atoms with E-state index in [0.717, 1.165) is 17.8 Å². The van der Waals surface area contributed by atoms with Crippen molar-refractivity contribution in [2.45, 2.75) is 11.0 Å². The van der Waals surface area contributed by atoms with Crippen molar-refractivity contribution in [2.24, 2.45) is 0 Å². The van der Waals surface area contributed by atoms with Crippen molar-refractivity contribution in [1.82, 2.24) is 0 Å². The molecule has 2 aromatic carbocycles. The van der Waals surface area contributed by atoms with Gasteiger partial charge in [0.2, 0.25) is 0 Å².